The normalized spacial score (nSPS) is 9.95. The van der Waals surface area contributed by atoms with E-state index in [1.54, 1.807) is 6.20 Å². The van der Waals surface area contributed by atoms with E-state index in [9.17, 15) is 4.79 Å². The number of hydrogen-bond donors (Lipinski definition) is 1. The summed E-state index contributed by atoms with van der Waals surface area (Å²) in [5, 5.41) is 8.36. The van der Waals surface area contributed by atoms with Crippen LogP contribution in [0, 0.1) is 6.07 Å². The summed E-state index contributed by atoms with van der Waals surface area (Å²) >= 11 is 3.41. The average molecular weight is 525 g/mol. The smallest absolute Gasteiger partial charge is 0.155 e. The number of aliphatic hydroxyl groups excluding tert-OH is 1. The van der Waals surface area contributed by atoms with Gasteiger partial charge in [0.1, 0.15) is 0 Å². The summed E-state index contributed by atoms with van der Waals surface area (Å²) in [6.07, 6.45) is 2.95. The van der Waals surface area contributed by atoms with Gasteiger partial charge in [0.25, 0.3) is 0 Å². The number of carbonyl (C=O) groups excluding carboxylic acids is 1. The Balaban J connectivity index is 0.000000436. The Hall–Kier alpha value is -1.29. The molecule has 0 spiro atoms. The van der Waals surface area contributed by atoms with Gasteiger partial charge < -0.3 is 10.1 Å². The van der Waals surface area contributed by atoms with E-state index in [-0.39, 0.29) is 31.6 Å². The van der Waals surface area contributed by atoms with Crippen molar-refractivity contribution in [1.29, 1.82) is 0 Å². The maximum atomic E-state index is 10.0. The van der Waals surface area contributed by atoms with Crippen LogP contribution in [0.1, 0.15) is 13.8 Å². The minimum atomic E-state index is -0.125. The molecule has 0 amide bonds. The second-order valence-electron chi connectivity index (χ2n) is 4.03. The largest absolute Gasteiger partial charge is 0.512 e. The first-order chi connectivity index (χ1) is 9.49. The van der Waals surface area contributed by atoms with Gasteiger partial charge in [0, 0.05) is 32.4 Å². The summed E-state index contributed by atoms with van der Waals surface area (Å²) in [5.74, 6) is -0.0625. The molecule has 0 aliphatic rings. The van der Waals surface area contributed by atoms with Crippen molar-refractivity contribution >= 4 is 21.7 Å². The van der Waals surface area contributed by atoms with E-state index in [0.29, 0.717) is 0 Å². The van der Waals surface area contributed by atoms with Gasteiger partial charge in [-0.05, 0) is 25.6 Å². The Labute approximate surface area is 146 Å². The summed E-state index contributed by atoms with van der Waals surface area (Å²) in [6, 6.07) is 14.8. The van der Waals surface area contributed by atoms with E-state index in [1.807, 2.05) is 36.4 Å². The zero-order valence-electron chi connectivity index (χ0n) is 11.6. The maximum Gasteiger partial charge on any atom is 0.155 e. The molecule has 3 nitrogen and oxygen atoms in total. The summed E-state index contributed by atoms with van der Waals surface area (Å²) < 4.78 is 1.05. The number of aromatic nitrogens is 1. The van der Waals surface area contributed by atoms with Crippen molar-refractivity contribution in [2.45, 2.75) is 13.8 Å². The molecule has 5 heteroatoms. The van der Waals surface area contributed by atoms with Crippen molar-refractivity contribution < 1.29 is 30.0 Å². The van der Waals surface area contributed by atoms with Crippen LogP contribution in [0.4, 0.5) is 0 Å². The van der Waals surface area contributed by atoms with Crippen LogP contribution >= 0.6 is 15.9 Å². The molecule has 0 aliphatic heterocycles. The van der Waals surface area contributed by atoms with E-state index in [1.165, 1.54) is 19.9 Å². The van der Waals surface area contributed by atoms with Crippen LogP contribution in [0.5, 0.6) is 0 Å². The van der Waals surface area contributed by atoms with Gasteiger partial charge in [-0.15, -0.1) is 29.8 Å². The fourth-order valence-electron chi connectivity index (χ4n) is 1.40. The molecule has 0 saturated carbocycles. The molecule has 2 rings (SSSR count). The molecule has 0 atom stereocenters. The molecule has 0 aliphatic carbocycles. The first-order valence-electron chi connectivity index (χ1n) is 5.95. The third kappa shape index (κ3) is 8.56. The van der Waals surface area contributed by atoms with Crippen molar-refractivity contribution in [3.05, 3.63) is 65.0 Å². The van der Waals surface area contributed by atoms with Gasteiger partial charge in [-0.3, -0.25) is 4.79 Å². The van der Waals surface area contributed by atoms with E-state index in [0.717, 1.165) is 15.7 Å². The number of allylic oxidation sites excluding steroid dienone is 2. The second kappa shape index (κ2) is 10.4. The van der Waals surface area contributed by atoms with Gasteiger partial charge in [-0.25, -0.2) is 0 Å². The fraction of sp³-hybridized carbons (Fsp3) is 0.125. The molecule has 1 aromatic heterocycles. The zero-order valence-corrected chi connectivity index (χ0v) is 15.6. The second-order valence-corrected chi connectivity index (χ2v) is 4.95. The van der Waals surface area contributed by atoms with Crippen molar-refractivity contribution in [3.63, 3.8) is 0 Å². The van der Waals surface area contributed by atoms with Crippen LogP contribution in [0.15, 0.2) is 58.9 Å². The fourth-order valence-corrected chi connectivity index (χ4v) is 1.76. The third-order valence-electron chi connectivity index (χ3n) is 2.12. The molecule has 2 aromatic rings. The van der Waals surface area contributed by atoms with Crippen molar-refractivity contribution in [3.8, 4) is 11.3 Å². The quantitative estimate of drug-likeness (QED) is 0.361. The van der Waals surface area contributed by atoms with Crippen LogP contribution in [-0.4, -0.2) is 15.9 Å². The van der Waals surface area contributed by atoms with Gasteiger partial charge >= 0.3 is 0 Å². The molecule has 21 heavy (non-hydrogen) atoms. The molecule has 0 saturated heterocycles. The molecule has 113 valence electrons. The molecule has 1 aromatic carbocycles. The van der Waals surface area contributed by atoms with Gasteiger partial charge in [0.05, 0.1) is 5.76 Å². The summed E-state index contributed by atoms with van der Waals surface area (Å²) in [6.45, 7) is 2.85. The van der Waals surface area contributed by atoms with Crippen LogP contribution < -0.4 is 0 Å². The van der Waals surface area contributed by atoms with E-state index < -0.39 is 0 Å². The standard InChI is InChI=1S/C11H7BrN.C5H8O2.Ir/c12-10-5-3-4-9(8-10)11-6-1-2-7-13-11;1-4(6)3-5(2)7;/h1-3,5-8H;3,6H,1-2H3;/q-1;;/b;4-3-;. The Morgan fingerprint density at radius 1 is 1.33 bits per heavy atom. The SMILES string of the molecule is Brc1cc[c-]c(-c2ccccn2)c1.CC(=O)/C=C(/C)O.[Ir]. The van der Waals surface area contributed by atoms with Gasteiger partial charge in [0.2, 0.25) is 0 Å². The third-order valence-corrected chi connectivity index (χ3v) is 2.61. The van der Waals surface area contributed by atoms with E-state index in [2.05, 4.69) is 27.0 Å². The molecule has 0 unspecified atom stereocenters. The Kier molecular flexibility index (Phi) is 9.80. The number of carbonyl (C=O) groups is 1. The zero-order chi connectivity index (χ0) is 15.0. The summed E-state index contributed by atoms with van der Waals surface area (Å²) in [5.41, 5.74) is 1.96. The molecule has 1 radical (unpaired) electrons. The van der Waals surface area contributed by atoms with Crippen molar-refractivity contribution in [2.75, 3.05) is 0 Å². The monoisotopic (exact) mass is 525 g/mol. The predicted molar refractivity (Wildman–Crippen MR) is 83.3 cm³/mol. The van der Waals surface area contributed by atoms with Crippen LogP contribution in [0.2, 0.25) is 0 Å². The summed E-state index contributed by atoms with van der Waals surface area (Å²) in [7, 11) is 0. The molecular weight excluding hydrogens is 510 g/mol. The van der Waals surface area contributed by atoms with Gasteiger partial charge in [-0.1, -0.05) is 32.5 Å². The van der Waals surface area contributed by atoms with Crippen LogP contribution in [-0.2, 0) is 24.9 Å². The molecule has 1 N–H and O–H groups in total. The number of aliphatic hydroxyl groups is 1. The van der Waals surface area contributed by atoms with Gasteiger partial charge in [-0.2, -0.15) is 0 Å². The number of benzene rings is 1. The van der Waals surface area contributed by atoms with Crippen molar-refractivity contribution in [1.82, 2.24) is 4.98 Å². The molecule has 1 heterocycles. The van der Waals surface area contributed by atoms with Crippen LogP contribution in [0.3, 0.4) is 0 Å². The van der Waals surface area contributed by atoms with E-state index in [4.69, 9.17) is 5.11 Å². The number of pyridine rings is 1. The predicted octanol–water partition coefficient (Wildman–Crippen LogP) is 4.35. The Morgan fingerprint density at radius 2 is 2.05 bits per heavy atom. The number of nitrogens with zero attached hydrogens (tertiary/aromatic N) is 1. The molecule has 0 bridgehead atoms. The minimum absolute atomic E-state index is 0. The molecular formula is C16H15BrIrNO2-. The number of rotatable bonds is 2. The number of ketones is 1. The maximum absolute atomic E-state index is 10.0. The van der Waals surface area contributed by atoms with Crippen molar-refractivity contribution in [2.24, 2.45) is 0 Å². The number of halogens is 1. The van der Waals surface area contributed by atoms with E-state index >= 15 is 0 Å². The molecule has 0 fully saturated rings. The first-order valence-corrected chi connectivity index (χ1v) is 6.75. The first kappa shape index (κ1) is 19.7. The number of hydrogen-bond acceptors (Lipinski definition) is 3. The topological polar surface area (TPSA) is 50.2 Å². The summed E-state index contributed by atoms with van der Waals surface area (Å²) in [4.78, 5) is 14.3. The minimum Gasteiger partial charge on any atom is -0.512 e. The Morgan fingerprint density at radius 3 is 2.48 bits per heavy atom. The Bertz CT molecular complexity index is 596. The average Bonchev–Trinajstić information content (AvgIpc) is 2.39. The van der Waals surface area contributed by atoms with Crippen LogP contribution in [0.25, 0.3) is 11.3 Å². The van der Waals surface area contributed by atoms with Gasteiger partial charge in [0.15, 0.2) is 5.78 Å².